The lowest BCUT2D eigenvalue weighted by molar-refractivity contribution is -0.129. The minimum absolute atomic E-state index is 0.142. The van der Waals surface area contributed by atoms with Crippen LogP contribution in [0.2, 0.25) is 0 Å². The Kier molecular flexibility index (Phi) is 5.70. The summed E-state index contributed by atoms with van der Waals surface area (Å²) >= 11 is 0. The molecule has 2 aliphatic rings. The third kappa shape index (κ3) is 4.30. The molecule has 7 nitrogen and oxygen atoms in total. The van der Waals surface area contributed by atoms with Crippen LogP contribution >= 0.6 is 0 Å². The van der Waals surface area contributed by atoms with E-state index < -0.39 is 0 Å². The van der Waals surface area contributed by atoms with Crippen LogP contribution < -0.4 is 15.1 Å². The van der Waals surface area contributed by atoms with Gasteiger partial charge in [-0.15, -0.1) is 0 Å². The Morgan fingerprint density at radius 1 is 0.867 bits per heavy atom. The first-order chi connectivity index (χ1) is 14.5. The highest BCUT2D eigenvalue weighted by Gasteiger charge is 2.27. The molecular weight excluding hydrogens is 380 g/mol. The Bertz CT molecular complexity index is 933. The van der Waals surface area contributed by atoms with Crippen LogP contribution in [-0.4, -0.2) is 48.9 Å². The average molecular weight is 406 g/mol. The Balaban J connectivity index is 1.33. The van der Waals surface area contributed by atoms with Crippen molar-refractivity contribution < 1.29 is 14.4 Å². The zero-order valence-corrected chi connectivity index (χ0v) is 17.1. The van der Waals surface area contributed by atoms with Crippen molar-refractivity contribution in [3.05, 3.63) is 54.1 Å². The van der Waals surface area contributed by atoms with Gasteiger partial charge in [0, 0.05) is 50.4 Å². The number of nitrogens with zero attached hydrogens (tertiary/aromatic N) is 3. The maximum Gasteiger partial charge on any atom is 0.321 e. The summed E-state index contributed by atoms with van der Waals surface area (Å²) in [5.41, 5.74) is 3.60. The number of nitrogens with one attached hydrogen (secondary N) is 1. The first kappa shape index (κ1) is 19.9. The van der Waals surface area contributed by atoms with Gasteiger partial charge in [-0.2, -0.15) is 0 Å². The summed E-state index contributed by atoms with van der Waals surface area (Å²) < 4.78 is 0. The number of rotatable bonds is 3. The number of hydrogen-bond acceptors (Lipinski definition) is 4. The van der Waals surface area contributed by atoms with Gasteiger partial charge in [0.1, 0.15) is 0 Å². The predicted octanol–water partition coefficient (Wildman–Crippen LogP) is 3.39. The summed E-state index contributed by atoms with van der Waals surface area (Å²) in [6.07, 6.45) is 1.39. The van der Waals surface area contributed by atoms with Gasteiger partial charge in [0.25, 0.3) is 0 Å². The van der Waals surface area contributed by atoms with Crippen LogP contribution in [0.4, 0.5) is 21.9 Å². The van der Waals surface area contributed by atoms with Gasteiger partial charge in [-0.3, -0.25) is 14.5 Å². The summed E-state index contributed by atoms with van der Waals surface area (Å²) in [6, 6.07) is 15.1. The number of anilines is 3. The molecule has 2 fully saturated rings. The monoisotopic (exact) mass is 406 g/mol. The quantitative estimate of drug-likeness (QED) is 0.793. The number of hydrogen-bond donors (Lipinski definition) is 1. The first-order valence-corrected chi connectivity index (χ1v) is 10.3. The molecule has 0 unspecified atom stereocenters. The number of carbonyl (C=O) groups excluding carboxylic acids is 3. The van der Waals surface area contributed by atoms with E-state index >= 15 is 0 Å². The minimum atomic E-state index is -0.172. The summed E-state index contributed by atoms with van der Waals surface area (Å²) in [4.78, 5) is 42.1. The van der Waals surface area contributed by atoms with Crippen molar-refractivity contribution in [2.45, 2.75) is 26.2 Å². The maximum atomic E-state index is 12.6. The van der Waals surface area contributed by atoms with Crippen molar-refractivity contribution in [2.24, 2.45) is 0 Å². The fraction of sp³-hybridized carbons (Fsp3) is 0.348. The van der Waals surface area contributed by atoms with Crippen molar-refractivity contribution in [1.82, 2.24) is 4.90 Å². The highest BCUT2D eigenvalue weighted by Crippen LogP contribution is 2.24. The second-order valence-electron chi connectivity index (χ2n) is 7.77. The number of piperazine rings is 1. The number of amides is 4. The number of aryl methyl sites for hydroxylation is 1. The van der Waals surface area contributed by atoms with E-state index in [0.717, 1.165) is 13.1 Å². The molecule has 0 aromatic heterocycles. The van der Waals surface area contributed by atoms with Gasteiger partial charge >= 0.3 is 6.03 Å². The van der Waals surface area contributed by atoms with Gasteiger partial charge in [-0.05, 0) is 55.3 Å². The second-order valence-corrected chi connectivity index (χ2v) is 7.77. The molecule has 0 aliphatic carbocycles. The Morgan fingerprint density at radius 2 is 1.53 bits per heavy atom. The molecule has 0 saturated carbocycles. The van der Waals surface area contributed by atoms with Crippen LogP contribution in [-0.2, 0) is 9.59 Å². The lowest BCUT2D eigenvalue weighted by atomic mass is 10.1. The van der Waals surface area contributed by atoms with E-state index in [1.54, 1.807) is 29.2 Å². The van der Waals surface area contributed by atoms with Crippen LogP contribution in [0.15, 0.2) is 48.5 Å². The third-order valence-electron chi connectivity index (χ3n) is 5.59. The van der Waals surface area contributed by atoms with Crippen molar-refractivity contribution in [3.8, 4) is 0 Å². The molecule has 2 heterocycles. The molecular formula is C23H26N4O3. The van der Waals surface area contributed by atoms with E-state index in [9.17, 15) is 14.4 Å². The third-order valence-corrected chi connectivity index (χ3v) is 5.59. The molecule has 4 amide bonds. The number of benzene rings is 2. The predicted molar refractivity (Wildman–Crippen MR) is 117 cm³/mol. The van der Waals surface area contributed by atoms with Crippen LogP contribution in [0.5, 0.6) is 0 Å². The lowest BCUT2D eigenvalue weighted by Gasteiger charge is -2.36. The van der Waals surface area contributed by atoms with Crippen LogP contribution in [0.25, 0.3) is 0 Å². The maximum absolute atomic E-state index is 12.6. The molecule has 0 atom stereocenters. The van der Waals surface area contributed by atoms with Gasteiger partial charge in [-0.1, -0.05) is 12.1 Å². The Hall–Kier alpha value is -3.35. The first-order valence-electron chi connectivity index (χ1n) is 10.3. The zero-order valence-electron chi connectivity index (χ0n) is 17.1. The number of urea groups is 1. The highest BCUT2D eigenvalue weighted by molar-refractivity contribution is 6.16. The molecule has 2 aromatic carbocycles. The van der Waals surface area contributed by atoms with Crippen molar-refractivity contribution in [1.29, 1.82) is 0 Å². The van der Waals surface area contributed by atoms with Gasteiger partial charge in [-0.25, -0.2) is 4.79 Å². The number of imide groups is 1. The van der Waals surface area contributed by atoms with Crippen molar-refractivity contribution >= 4 is 34.9 Å². The van der Waals surface area contributed by atoms with Gasteiger partial charge in [0.15, 0.2) is 0 Å². The molecule has 2 aliphatic heterocycles. The molecule has 30 heavy (non-hydrogen) atoms. The van der Waals surface area contributed by atoms with E-state index in [2.05, 4.69) is 41.4 Å². The standard InChI is InChI=1S/C23H26N4O3/c1-17-4-2-5-20(16-17)25-12-14-26(15-13-25)23(30)24-18-8-10-19(11-9-18)27-21(28)6-3-7-22(27)29/h2,4-5,8-11,16H,3,6-7,12-15H2,1H3,(H,24,30). The smallest absolute Gasteiger partial charge is 0.321 e. The summed E-state index contributed by atoms with van der Waals surface area (Å²) in [7, 11) is 0. The Labute approximate surface area is 176 Å². The summed E-state index contributed by atoms with van der Waals surface area (Å²) in [5, 5.41) is 2.91. The van der Waals surface area contributed by atoms with Crippen molar-refractivity contribution in [2.75, 3.05) is 41.3 Å². The highest BCUT2D eigenvalue weighted by atomic mass is 16.2. The number of piperidine rings is 1. The molecule has 7 heteroatoms. The van der Waals surface area contributed by atoms with Gasteiger partial charge in [0.05, 0.1) is 5.69 Å². The summed E-state index contributed by atoms with van der Waals surface area (Å²) in [6.45, 7) is 4.95. The van der Waals surface area contributed by atoms with Gasteiger partial charge in [0.2, 0.25) is 11.8 Å². The SMILES string of the molecule is Cc1cccc(N2CCN(C(=O)Nc3ccc(N4C(=O)CCCC4=O)cc3)CC2)c1. The molecule has 156 valence electrons. The molecule has 4 rings (SSSR count). The summed E-state index contributed by atoms with van der Waals surface area (Å²) in [5.74, 6) is -0.343. The molecule has 0 bridgehead atoms. The second kappa shape index (κ2) is 8.57. The topological polar surface area (TPSA) is 73.0 Å². The van der Waals surface area contributed by atoms with Crippen LogP contribution in [0.1, 0.15) is 24.8 Å². The molecule has 2 aromatic rings. The lowest BCUT2D eigenvalue weighted by Crippen LogP contribution is -2.50. The zero-order chi connectivity index (χ0) is 21.1. The average Bonchev–Trinajstić information content (AvgIpc) is 2.75. The fourth-order valence-electron chi connectivity index (χ4n) is 3.93. The normalized spacial score (nSPS) is 17.3. The molecule has 0 spiro atoms. The molecule has 1 N–H and O–H groups in total. The molecule has 2 saturated heterocycles. The van der Waals surface area contributed by atoms with Gasteiger partial charge < -0.3 is 15.1 Å². The largest absolute Gasteiger partial charge is 0.368 e. The number of carbonyl (C=O) groups is 3. The van der Waals surface area contributed by atoms with Crippen LogP contribution in [0.3, 0.4) is 0 Å². The van der Waals surface area contributed by atoms with E-state index in [-0.39, 0.29) is 17.8 Å². The fourth-order valence-corrected chi connectivity index (χ4v) is 3.93. The van der Waals surface area contributed by atoms with E-state index in [4.69, 9.17) is 0 Å². The minimum Gasteiger partial charge on any atom is -0.368 e. The van der Waals surface area contributed by atoms with E-state index in [1.807, 2.05) is 0 Å². The van der Waals surface area contributed by atoms with Crippen LogP contribution in [0, 0.1) is 6.92 Å². The molecule has 0 radical (unpaired) electrons. The Morgan fingerprint density at radius 3 is 2.17 bits per heavy atom. The van der Waals surface area contributed by atoms with E-state index in [0.29, 0.717) is 43.7 Å². The van der Waals surface area contributed by atoms with Crippen molar-refractivity contribution in [3.63, 3.8) is 0 Å². The van der Waals surface area contributed by atoms with E-state index in [1.165, 1.54) is 16.2 Å².